The molecule has 14 rings (SSSR count). The maximum atomic E-state index is 12.9. The molecule has 32 nitrogen and oxygen atoms in total. The number of amides is 8. The van der Waals surface area contributed by atoms with Crippen LogP contribution in [-0.4, -0.2) is 166 Å². The Morgan fingerprint density at radius 1 is 0.298 bits per heavy atom. The van der Waals surface area contributed by atoms with E-state index in [4.69, 9.17) is 120 Å². The van der Waals surface area contributed by atoms with E-state index >= 15 is 0 Å². The van der Waals surface area contributed by atoms with E-state index in [1.54, 1.807) is 116 Å². The summed E-state index contributed by atoms with van der Waals surface area (Å²) in [7, 11) is 3.50. The molecule has 4 aromatic heterocycles. The summed E-state index contributed by atoms with van der Waals surface area (Å²) >= 11 is 47.3. The van der Waals surface area contributed by atoms with Gasteiger partial charge in [0.05, 0.1) is 65.1 Å². The number of nitrogens with one attached hydrogen (secondary N) is 12. The lowest BCUT2D eigenvalue weighted by Gasteiger charge is -2.29. The molecule has 2 fully saturated rings. The number of hydrogen-bond acceptors (Lipinski definition) is 20. The second-order valence-corrected chi connectivity index (χ2v) is 32.4. The number of pyridine rings is 4. The van der Waals surface area contributed by atoms with Crippen molar-refractivity contribution >= 4 is 209 Å². The lowest BCUT2D eigenvalue weighted by atomic mass is 10.1. The van der Waals surface area contributed by atoms with Gasteiger partial charge in [-0.1, -0.05) is 141 Å². The van der Waals surface area contributed by atoms with E-state index in [2.05, 4.69) is 62.5 Å². The Morgan fingerprint density at radius 3 is 0.740 bits per heavy atom. The Bertz CT molecular complexity index is 6340. The van der Waals surface area contributed by atoms with Gasteiger partial charge in [0.1, 0.15) is 69.6 Å². The second kappa shape index (κ2) is 45.0. The number of phenols is 4. The van der Waals surface area contributed by atoms with Crippen LogP contribution < -0.4 is 48.3 Å². The summed E-state index contributed by atoms with van der Waals surface area (Å²) in [5, 5.41) is 96.2. The van der Waals surface area contributed by atoms with E-state index in [0.717, 1.165) is 51.9 Å². The summed E-state index contributed by atoms with van der Waals surface area (Å²) in [6.45, 7) is 3.42. The number of hydrogen-bond donors (Lipinski definition) is 17. The van der Waals surface area contributed by atoms with Gasteiger partial charge in [0, 0.05) is 154 Å². The standard InChI is InChI=1S/C25H23Cl2N5O3.C24H21Cl2N5O3.C22H19Cl2N5O3.C20H15Cl2N5O3/c26-17-8-9-21(29-14-17)30-25(35)19-12-18(27)13-20(33)22(19)31-24(34)16-6-4-15(5-7-16)23(28)32-10-2-1-3-11-32;25-16-7-8-20(28-13-16)29-24(34)18-11-17(26)12-19(32)21(18)30-23(33)15-5-3-14(4-6-15)22(27)31-9-1-2-10-31;1-29(2)20(25)12-3-5-13(6-4-12)21(31)28-19-16(9-15(24)10-17(19)30)22(32)27-18-8-7-14(23)11-26-18;21-12-5-6-16(25-9-12)26-20(30)14-7-13(22)8-15(28)17(14)27-19(29)11-3-1-10(2-4-11)18(23)24/h4-9,12-14,28,33H,1-3,10-11H2,(H,31,34)(H,29,30,35);3-8,11-13,27,32H,1-2,9-10H2,(H,30,33)(H,28,29,34);3-11,25,30H,1-2H3,(H,28,31)(H,26,27,32);1-9,28H,(H3,23,24)(H,27,29)(H,25,26,30). The number of carbonyl (C=O) groups excluding carboxylic acids is 8. The number of likely N-dealkylation sites (tertiary alicyclic amines) is 2. The quantitative estimate of drug-likeness (QED) is 0.0191. The zero-order valence-electron chi connectivity index (χ0n) is 68.9. The summed E-state index contributed by atoms with van der Waals surface area (Å²) in [4.78, 5) is 124. The number of anilines is 8. The van der Waals surface area contributed by atoms with Crippen molar-refractivity contribution in [3.8, 4) is 23.0 Å². The molecule has 8 aromatic carbocycles. The summed E-state index contributed by atoms with van der Waals surface area (Å²) in [5.74, 6) is -4.25. The van der Waals surface area contributed by atoms with Crippen molar-refractivity contribution in [2.45, 2.75) is 32.1 Å². The number of halogens is 8. The number of aromatic hydroxyl groups is 4. The van der Waals surface area contributed by atoms with Crippen molar-refractivity contribution < 1.29 is 58.8 Å². The van der Waals surface area contributed by atoms with Gasteiger partial charge < -0.3 is 83.4 Å². The van der Waals surface area contributed by atoms with E-state index in [1.807, 2.05) is 9.80 Å². The molecular weight excluding hydrogens is 1850 g/mol. The van der Waals surface area contributed by atoms with Gasteiger partial charge in [-0.15, -0.1) is 0 Å². The van der Waals surface area contributed by atoms with E-state index in [1.165, 1.54) is 128 Å². The fourth-order valence-corrected chi connectivity index (χ4v) is 14.0. The van der Waals surface area contributed by atoms with Crippen molar-refractivity contribution in [1.82, 2.24) is 34.6 Å². The van der Waals surface area contributed by atoms with Crippen LogP contribution in [0.1, 0.15) is 137 Å². The fraction of sp³-hybridized carbons (Fsp3) is 0.121. The number of phenolic OH excluding ortho intramolecular Hbond substituents is 4. The Morgan fingerprint density at radius 2 is 0.519 bits per heavy atom. The minimum absolute atomic E-state index is 0.0383. The average molecular weight is 1930 g/mol. The van der Waals surface area contributed by atoms with Gasteiger partial charge in [0.15, 0.2) is 0 Å². The van der Waals surface area contributed by atoms with E-state index < -0.39 is 47.3 Å². The fourth-order valence-electron chi connectivity index (χ4n) is 12.7. The first-order chi connectivity index (χ1) is 62.5. The van der Waals surface area contributed by atoms with Gasteiger partial charge in [-0.2, -0.15) is 0 Å². The number of benzene rings is 8. The van der Waals surface area contributed by atoms with Gasteiger partial charge in [-0.3, -0.25) is 60.0 Å². The van der Waals surface area contributed by atoms with E-state index in [0.29, 0.717) is 71.0 Å². The second-order valence-electron chi connectivity index (χ2n) is 28.9. The van der Waals surface area contributed by atoms with Gasteiger partial charge >= 0.3 is 0 Å². The number of aromatic nitrogens is 4. The van der Waals surface area contributed by atoms with Crippen molar-refractivity contribution in [2.24, 2.45) is 5.73 Å². The molecule has 2 saturated heterocycles. The zero-order valence-corrected chi connectivity index (χ0v) is 75.0. The van der Waals surface area contributed by atoms with Crippen molar-refractivity contribution in [1.29, 1.82) is 21.6 Å². The van der Waals surface area contributed by atoms with E-state index in [-0.39, 0.29) is 128 Å². The predicted molar refractivity (Wildman–Crippen MR) is 510 cm³/mol. The molecule has 2 aliphatic rings. The summed E-state index contributed by atoms with van der Waals surface area (Å²) in [5.41, 5.74) is 8.46. The minimum atomic E-state index is -0.648. The Kier molecular flexibility index (Phi) is 33.4. The first kappa shape index (κ1) is 97.1. The van der Waals surface area contributed by atoms with Gasteiger partial charge in [0.25, 0.3) is 47.3 Å². The molecule has 0 radical (unpaired) electrons. The number of nitrogens with two attached hydrogens (primary N) is 1. The highest BCUT2D eigenvalue weighted by Gasteiger charge is 2.27. The molecule has 40 heteroatoms. The summed E-state index contributed by atoms with van der Waals surface area (Å²) in [6, 6.07) is 48.1. The third kappa shape index (κ3) is 26.6. The first-order valence-corrected chi connectivity index (χ1v) is 42.3. The van der Waals surface area contributed by atoms with Gasteiger partial charge in [-0.05, 0) is 153 Å². The maximum absolute atomic E-state index is 12.9. The molecule has 2 aliphatic heterocycles. The number of piperidine rings is 1. The molecule has 0 aliphatic carbocycles. The third-order valence-electron chi connectivity index (χ3n) is 19.4. The average Bonchev–Trinajstić information content (AvgIpc) is 1.09. The van der Waals surface area contributed by atoms with Crippen molar-refractivity contribution in [3.05, 3.63) is 326 Å². The van der Waals surface area contributed by atoms with Crippen molar-refractivity contribution in [3.63, 3.8) is 0 Å². The molecule has 670 valence electrons. The smallest absolute Gasteiger partial charge is 0.259 e. The lowest BCUT2D eigenvalue weighted by molar-refractivity contribution is 0.101. The molecular formula is C91H78Cl8N20O12. The number of nitrogen functional groups attached to an aromatic ring is 1. The monoisotopic (exact) mass is 1920 g/mol. The summed E-state index contributed by atoms with van der Waals surface area (Å²) < 4.78 is 0. The van der Waals surface area contributed by atoms with Crippen LogP contribution in [0.25, 0.3) is 0 Å². The van der Waals surface area contributed by atoms with Crippen LogP contribution in [0.4, 0.5) is 46.0 Å². The molecule has 18 N–H and O–H groups in total. The lowest BCUT2D eigenvalue weighted by Crippen LogP contribution is -2.35. The molecule has 0 bridgehead atoms. The van der Waals surface area contributed by atoms with Crippen LogP contribution in [0, 0.1) is 21.6 Å². The summed E-state index contributed by atoms with van der Waals surface area (Å²) in [6.07, 6.45) is 10.9. The van der Waals surface area contributed by atoms with Crippen LogP contribution in [0.5, 0.6) is 23.0 Å². The van der Waals surface area contributed by atoms with Crippen LogP contribution >= 0.6 is 92.8 Å². The van der Waals surface area contributed by atoms with Crippen LogP contribution in [0.15, 0.2) is 219 Å². The SMILES string of the molecule is CN(C)C(=N)c1ccc(C(=O)Nc2c(O)cc(Cl)cc2C(=O)Nc2ccc(Cl)cn2)cc1.N=C(N)c1ccc(C(=O)Nc2c(O)cc(Cl)cc2C(=O)Nc2ccc(Cl)cn2)cc1.N=C(c1ccc(C(=O)Nc2c(O)cc(Cl)cc2C(=O)Nc2ccc(Cl)cn2)cc1)N1CCCC1.N=C(c1ccc(C(=O)Nc2c(O)cc(Cl)cc2C(=O)Nc2ccc(Cl)cn2)cc1)N1CCCCC1. The molecule has 0 spiro atoms. The highest BCUT2D eigenvalue weighted by Crippen LogP contribution is 2.38. The van der Waals surface area contributed by atoms with Gasteiger partial charge in [-0.25, -0.2) is 19.9 Å². The van der Waals surface area contributed by atoms with Crippen LogP contribution in [0.2, 0.25) is 40.2 Å². The minimum Gasteiger partial charge on any atom is -0.506 e. The Hall–Kier alpha value is -14.5. The van der Waals surface area contributed by atoms with Crippen LogP contribution in [-0.2, 0) is 0 Å². The Labute approximate surface area is 788 Å². The zero-order chi connectivity index (χ0) is 94.4. The first-order valence-electron chi connectivity index (χ1n) is 39.3. The predicted octanol–water partition coefficient (Wildman–Crippen LogP) is 18.8. The van der Waals surface area contributed by atoms with E-state index in [9.17, 15) is 58.8 Å². The molecule has 0 unspecified atom stereocenters. The molecule has 12 aromatic rings. The number of rotatable bonds is 20. The third-order valence-corrected chi connectivity index (χ3v) is 21.2. The van der Waals surface area contributed by atoms with Crippen LogP contribution in [0.3, 0.4) is 0 Å². The Balaban J connectivity index is 0.000000169. The molecule has 131 heavy (non-hydrogen) atoms. The molecule has 0 atom stereocenters. The number of nitrogens with zero attached hydrogens (tertiary/aromatic N) is 7. The highest BCUT2D eigenvalue weighted by molar-refractivity contribution is 6.35. The molecule has 0 saturated carbocycles. The largest absolute Gasteiger partial charge is 0.506 e. The number of amidine groups is 4. The highest BCUT2D eigenvalue weighted by atomic mass is 35.5. The normalized spacial score (nSPS) is 11.8. The topological polar surface area (TPSA) is 496 Å². The van der Waals surface area contributed by atoms with Gasteiger partial charge in [0.2, 0.25) is 0 Å². The molecule has 8 amide bonds. The van der Waals surface area contributed by atoms with Crippen molar-refractivity contribution in [2.75, 3.05) is 82.8 Å². The maximum Gasteiger partial charge on any atom is 0.259 e. The molecule has 6 heterocycles. The number of carbonyl (C=O) groups is 8.